The van der Waals surface area contributed by atoms with Crippen molar-refractivity contribution in [3.63, 3.8) is 0 Å². The second kappa shape index (κ2) is 5.56. The van der Waals surface area contributed by atoms with Gasteiger partial charge in [0.05, 0.1) is 6.04 Å². The lowest BCUT2D eigenvalue weighted by Crippen LogP contribution is -2.74. The summed E-state index contributed by atoms with van der Waals surface area (Å²) in [5, 5.41) is 0.641. The van der Waals surface area contributed by atoms with E-state index in [1.165, 1.54) is 0 Å². The molecule has 1 aromatic rings. The van der Waals surface area contributed by atoms with Gasteiger partial charge >= 0.3 is 0 Å². The summed E-state index contributed by atoms with van der Waals surface area (Å²) < 4.78 is 0. The summed E-state index contributed by atoms with van der Waals surface area (Å²) in [5.74, 6) is 0.0673. The zero-order valence-corrected chi connectivity index (χ0v) is 13.3. The van der Waals surface area contributed by atoms with E-state index in [1.807, 2.05) is 23.1 Å². The highest BCUT2D eigenvalue weighted by Crippen LogP contribution is 2.39. The highest BCUT2D eigenvalue weighted by Gasteiger charge is 2.54. The Balaban J connectivity index is 1.51. The third-order valence-electron chi connectivity index (χ3n) is 4.58. The van der Waals surface area contributed by atoms with E-state index in [-0.39, 0.29) is 17.2 Å². The number of carbonyl (C=O) groups excluding carboxylic acids is 2. The highest BCUT2D eigenvalue weighted by atomic mass is 35.5. The Morgan fingerprint density at radius 3 is 2.41 bits per heavy atom. The summed E-state index contributed by atoms with van der Waals surface area (Å²) in [6.45, 7) is 4.49. The van der Waals surface area contributed by atoms with Crippen molar-refractivity contribution in [3.8, 4) is 0 Å². The third kappa shape index (κ3) is 2.71. The van der Waals surface area contributed by atoms with Gasteiger partial charge in [0.15, 0.2) is 0 Å². The summed E-state index contributed by atoms with van der Waals surface area (Å²) in [6, 6.07) is 6.87. The lowest BCUT2D eigenvalue weighted by molar-refractivity contribution is -0.167. The van der Waals surface area contributed by atoms with E-state index in [9.17, 15) is 9.59 Å². The highest BCUT2D eigenvalue weighted by molar-refractivity contribution is 6.31. The van der Waals surface area contributed by atoms with Crippen LogP contribution in [0.5, 0.6) is 0 Å². The fraction of sp³-hybridized carbons (Fsp3) is 0.500. The van der Waals surface area contributed by atoms with Crippen LogP contribution in [0.1, 0.15) is 12.5 Å². The zero-order chi connectivity index (χ0) is 15.9. The fourth-order valence-electron chi connectivity index (χ4n) is 3.33. The molecule has 0 aliphatic carbocycles. The molecule has 0 radical (unpaired) electrons. The molecule has 5 nitrogen and oxygen atoms in total. The number of benzene rings is 1. The van der Waals surface area contributed by atoms with Gasteiger partial charge in [-0.25, -0.2) is 0 Å². The maximum absolute atomic E-state index is 12.4. The molecule has 2 heterocycles. The summed E-state index contributed by atoms with van der Waals surface area (Å²) in [6.07, 6.45) is 0.446. The van der Waals surface area contributed by atoms with E-state index in [0.717, 1.165) is 18.7 Å². The fourth-order valence-corrected chi connectivity index (χ4v) is 3.54. The predicted octanol–water partition coefficient (Wildman–Crippen LogP) is 0.901. The number of nitrogens with zero attached hydrogens (tertiary/aromatic N) is 2. The van der Waals surface area contributed by atoms with Gasteiger partial charge in [-0.2, -0.15) is 0 Å². The van der Waals surface area contributed by atoms with Gasteiger partial charge in [-0.3, -0.25) is 9.59 Å². The molecule has 2 fully saturated rings. The standard InChI is InChI=1S/C16H20ClN3O2/c1-11(21)19-7-16(8-19)9-20(10-16)15(22)14(18)6-12-4-2-3-5-13(12)17/h2-5,14H,6-10,18H2,1H3. The molecule has 1 unspecified atom stereocenters. The maximum Gasteiger partial charge on any atom is 0.239 e. The summed E-state index contributed by atoms with van der Waals surface area (Å²) in [5.41, 5.74) is 7.05. The molecule has 22 heavy (non-hydrogen) atoms. The Hall–Kier alpha value is -1.59. The third-order valence-corrected chi connectivity index (χ3v) is 4.95. The minimum atomic E-state index is -0.568. The van der Waals surface area contributed by atoms with Crippen molar-refractivity contribution in [1.82, 2.24) is 9.80 Å². The van der Waals surface area contributed by atoms with Crippen molar-refractivity contribution in [2.45, 2.75) is 19.4 Å². The van der Waals surface area contributed by atoms with Gasteiger partial charge in [-0.05, 0) is 18.1 Å². The quantitative estimate of drug-likeness (QED) is 0.899. The van der Waals surface area contributed by atoms with Crippen molar-refractivity contribution >= 4 is 23.4 Å². The summed E-state index contributed by atoms with van der Waals surface area (Å²) in [4.78, 5) is 27.2. The number of halogens is 1. The van der Waals surface area contributed by atoms with Crippen LogP contribution in [0.15, 0.2) is 24.3 Å². The minimum Gasteiger partial charge on any atom is -0.341 e. The van der Waals surface area contributed by atoms with Crippen LogP contribution >= 0.6 is 11.6 Å². The van der Waals surface area contributed by atoms with E-state index in [2.05, 4.69) is 0 Å². The van der Waals surface area contributed by atoms with Gasteiger partial charge in [0.2, 0.25) is 11.8 Å². The summed E-state index contributed by atoms with van der Waals surface area (Å²) >= 11 is 6.11. The molecule has 0 bridgehead atoms. The number of rotatable bonds is 3. The van der Waals surface area contributed by atoms with E-state index < -0.39 is 6.04 Å². The van der Waals surface area contributed by atoms with Crippen LogP contribution < -0.4 is 5.73 Å². The van der Waals surface area contributed by atoms with E-state index in [4.69, 9.17) is 17.3 Å². The van der Waals surface area contributed by atoms with Gasteiger partial charge < -0.3 is 15.5 Å². The topological polar surface area (TPSA) is 66.6 Å². The Morgan fingerprint density at radius 1 is 1.23 bits per heavy atom. The molecule has 1 atom stereocenters. The molecular weight excluding hydrogens is 302 g/mol. The van der Waals surface area contributed by atoms with Crippen LogP contribution in [0, 0.1) is 5.41 Å². The molecule has 3 rings (SSSR count). The Kier molecular flexibility index (Phi) is 3.87. The molecule has 2 N–H and O–H groups in total. The monoisotopic (exact) mass is 321 g/mol. The minimum absolute atomic E-state index is 0.0354. The molecule has 2 aliphatic heterocycles. The van der Waals surface area contributed by atoms with Gasteiger partial charge in [0.25, 0.3) is 0 Å². The smallest absolute Gasteiger partial charge is 0.239 e. The maximum atomic E-state index is 12.4. The van der Waals surface area contributed by atoms with Crippen molar-refractivity contribution in [1.29, 1.82) is 0 Å². The van der Waals surface area contributed by atoms with Crippen LogP contribution in [-0.2, 0) is 16.0 Å². The molecule has 1 aromatic carbocycles. The summed E-state index contributed by atoms with van der Waals surface area (Å²) in [7, 11) is 0. The van der Waals surface area contributed by atoms with Crippen LogP contribution in [0.2, 0.25) is 5.02 Å². The molecule has 1 spiro atoms. The number of hydrogen-bond acceptors (Lipinski definition) is 3. The van der Waals surface area contributed by atoms with Crippen molar-refractivity contribution < 1.29 is 9.59 Å². The molecule has 2 aliphatic rings. The average molecular weight is 322 g/mol. The number of amides is 2. The van der Waals surface area contributed by atoms with E-state index in [1.54, 1.807) is 17.9 Å². The molecule has 118 valence electrons. The lowest BCUT2D eigenvalue weighted by Gasteiger charge is -2.60. The van der Waals surface area contributed by atoms with E-state index in [0.29, 0.717) is 24.5 Å². The second-order valence-corrected chi connectivity index (χ2v) is 6.88. The van der Waals surface area contributed by atoms with Gasteiger partial charge in [0, 0.05) is 43.5 Å². The van der Waals surface area contributed by atoms with Gasteiger partial charge in [0.1, 0.15) is 0 Å². The first kappa shape index (κ1) is 15.3. The number of carbonyl (C=O) groups is 2. The average Bonchev–Trinajstić information content (AvgIpc) is 2.37. The number of nitrogens with two attached hydrogens (primary N) is 1. The number of likely N-dealkylation sites (tertiary alicyclic amines) is 2. The van der Waals surface area contributed by atoms with Crippen molar-refractivity contribution in [2.24, 2.45) is 11.1 Å². The van der Waals surface area contributed by atoms with Crippen molar-refractivity contribution in [2.75, 3.05) is 26.2 Å². The van der Waals surface area contributed by atoms with Crippen LogP contribution in [0.4, 0.5) is 0 Å². The van der Waals surface area contributed by atoms with E-state index >= 15 is 0 Å². The zero-order valence-electron chi connectivity index (χ0n) is 12.6. The predicted molar refractivity (Wildman–Crippen MR) is 84.4 cm³/mol. The second-order valence-electron chi connectivity index (χ2n) is 6.47. The SMILES string of the molecule is CC(=O)N1CC2(C1)CN(C(=O)C(N)Cc1ccccc1Cl)C2. The first-order valence-corrected chi connectivity index (χ1v) is 7.81. The molecule has 2 amide bonds. The first-order chi connectivity index (χ1) is 10.4. The Labute approximate surface area is 135 Å². The molecular formula is C16H20ClN3O2. The Morgan fingerprint density at radius 2 is 1.82 bits per heavy atom. The largest absolute Gasteiger partial charge is 0.341 e. The molecule has 2 saturated heterocycles. The van der Waals surface area contributed by atoms with Crippen molar-refractivity contribution in [3.05, 3.63) is 34.9 Å². The molecule has 0 saturated carbocycles. The van der Waals surface area contributed by atoms with Gasteiger partial charge in [-0.1, -0.05) is 29.8 Å². The first-order valence-electron chi connectivity index (χ1n) is 7.43. The lowest BCUT2D eigenvalue weighted by atomic mass is 9.72. The van der Waals surface area contributed by atoms with Crippen LogP contribution in [0.3, 0.4) is 0 Å². The normalized spacial score (nSPS) is 20.3. The number of hydrogen-bond donors (Lipinski definition) is 1. The molecule has 6 heteroatoms. The van der Waals surface area contributed by atoms with Crippen LogP contribution in [-0.4, -0.2) is 53.8 Å². The molecule has 0 aromatic heterocycles. The van der Waals surface area contributed by atoms with Crippen LogP contribution in [0.25, 0.3) is 0 Å². The Bertz CT molecular complexity index is 605. The van der Waals surface area contributed by atoms with Gasteiger partial charge in [-0.15, -0.1) is 0 Å².